The molecule has 2 aromatic rings. The maximum Gasteiger partial charge on any atom is 0.167 e. The Bertz CT molecular complexity index is 1100. The second kappa shape index (κ2) is 10.1. The van der Waals surface area contributed by atoms with Crippen molar-refractivity contribution >= 4 is 0 Å². The molecule has 188 valence electrons. The highest BCUT2D eigenvalue weighted by Crippen LogP contribution is 2.47. The van der Waals surface area contributed by atoms with Gasteiger partial charge >= 0.3 is 0 Å². The van der Waals surface area contributed by atoms with Crippen LogP contribution in [-0.2, 0) is 12.8 Å². The van der Waals surface area contributed by atoms with Crippen molar-refractivity contribution in [2.24, 2.45) is 17.8 Å². The lowest BCUT2D eigenvalue weighted by Gasteiger charge is -2.32. The van der Waals surface area contributed by atoms with Crippen LogP contribution in [0.1, 0.15) is 99.3 Å². The van der Waals surface area contributed by atoms with Gasteiger partial charge in [-0.25, -0.2) is 17.6 Å². The summed E-state index contributed by atoms with van der Waals surface area (Å²) < 4.78 is 59.8. The third kappa shape index (κ3) is 4.58. The van der Waals surface area contributed by atoms with Crippen LogP contribution in [0.2, 0.25) is 0 Å². The Morgan fingerprint density at radius 1 is 0.743 bits per heavy atom. The molecule has 0 unspecified atom stereocenters. The van der Waals surface area contributed by atoms with Crippen molar-refractivity contribution < 1.29 is 17.6 Å². The van der Waals surface area contributed by atoms with Gasteiger partial charge in [-0.1, -0.05) is 38.0 Å². The lowest BCUT2D eigenvalue weighted by atomic mass is 9.74. The molecule has 2 fully saturated rings. The second-order valence-corrected chi connectivity index (χ2v) is 11.2. The molecule has 5 rings (SSSR count). The van der Waals surface area contributed by atoms with E-state index in [2.05, 4.69) is 12.7 Å². The molecule has 3 aliphatic carbocycles. The predicted octanol–water partition coefficient (Wildman–Crippen LogP) is 9.42. The summed E-state index contributed by atoms with van der Waals surface area (Å²) in [6.07, 6.45) is 14.3. The summed E-state index contributed by atoms with van der Waals surface area (Å²) in [5, 5.41) is 0. The van der Waals surface area contributed by atoms with E-state index >= 15 is 8.78 Å². The van der Waals surface area contributed by atoms with E-state index in [1.165, 1.54) is 38.5 Å². The van der Waals surface area contributed by atoms with E-state index in [1.807, 2.05) is 0 Å². The van der Waals surface area contributed by atoms with Crippen molar-refractivity contribution in [3.05, 3.63) is 70.3 Å². The molecule has 2 saturated carbocycles. The molecule has 35 heavy (non-hydrogen) atoms. The van der Waals surface area contributed by atoms with Gasteiger partial charge in [-0.3, -0.25) is 0 Å². The van der Waals surface area contributed by atoms with E-state index in [9.17, 15) is 8.78 Å². The van der Waals surface area contributed by atoms with Gasteiger partial charge in [-0.05, 0) is 110 Å². The van der Waals surface area contributed by atoms with Crippen molar-refractivity contribution in [1.29, 1.82) is 0 Å². The number of halogens is 4. The van der Waals surface area contributed by atoms with Gasteiger partial charge in [-0.15, -0.1) is 6.58 Å². The monoisotopic (exact) mass is 484 g/mol. The molecule has 0 spiro atoms. The molecule has 0 heterocycles. The summed E-state index contributed by atoms with van der Waals surface area (Å²) >= 11 is 0. The zero-order valence-corrected chi connectivity index (χ0v) is 20.7. The zero-order chi connectivity index (χ0) is 24.7. The Morgan fingerprint density at radius 2 is 1.29 bits per heavy atom. The Balaban J connectivity index is 1.26. The molecule has 0 radical (unpaired) electrons. The molecule has 0 atom stereocenters. The Labute approximate surface area is 206 Å². The normalized spacial score (nSPS) is 25.9. The Kier molecular flexibility index (Phi) is 7.10. The highest BCUT2D eigenvalue weighted by Gasteiger charge is 2.34. The van der Waals surface area contributed by atoms with E-state index < -0.39 is 23.3 Å². The molecule has 0 aliphatic heterocycles. The van der Waals surface area contributed by atoms with E-state index in [0.29, 0.717) is 41.4 Å². The van der Waals surface area contributed by atoms with Gasteiger partial charge < -0.3 is 0 Å². The van der Waals surface area contributed by atoms with E-state index in [4.69, 9.17) is 0 Å². The highest BCUT2D eigenvalue weighted by atomic mass is 19.2. The van der Waals surface area contributed by atoms with Gasteiger partial charge in [0.05, 0.1) is 0 Å². The fourth-order valence-electron chi connectivity index (χ4n) is 6.96. The molecular weight excluding hydrogens is 448 g/mol. The molecule has 0 N–H and O–H groups in total. The molecule has 4 heteroatoms. The molecule has 0 saturated heterocycles. The fourth-order valence-corrected chi connectivity index (χ4v) is 6.96. The first-order chi connectivity index (χ1) is 16.9. The van der Waals surface area contributed by atoms with Crippen molar-refractivity contribution in [2.45, 2.75) is 89.9 Å². The first-order valence-corrected chi connectivity index (χ1v) is 13.5. The topological polar surface area (TPSA) is 0 Å². The van der Waals surface area contributed by atoms with Crippen molar-refractivity contribution in [3.8, 4) is 11.1 Å². The Hall–Kier alpha value is -2.10. The van der Waals surface area contributed by atoms with Crippen molar-refractivity contribution in [3.63, 3.8) is 0 Å². The number of fused-ring (bicyclic) bond motifs is 3. The lowest BCUT2D eigenvalue weighted by molar-refractivity contribution is 0.245. The van der Waals surface area contributed by atoms with Crippen molar-refractivity contribution in [2.75, 3.05) is 0 Å². The smallest absolute Gasteiger partial charge is 0.167 e. The third-order valence-electron chi connectivity index (χ3n) is 9.19. The molecule has 2 aromatic carbocycles. The average molecular weight is 485 g/mol. The van der Waals surface area contributed by atoms with Gasteiger partial charge in [0.15, 0.2) is 23.3 Å². The summed E-state index contributed by atoms with van der Waals surface area (Å²) in [5.41, 5.74) is 1.66. The molecule has 0 aromatic heterocycles. The molecule has 0 bridgehead atoms. The summed E-state index contributed by atoms with van der Waals surface area (Å²) in [7, 11) is 0. The molecular formula is C31H36F4. The zero-order valence-electron chi connectivity index (χ0n) is 20.7. The van der Waals surface area contributed by atoms with Gasteiger partial charge in [0.2, 0.25) is 0 Å². The van der Waals surface area contributed by atoms with Crippen LogP contribution in [0.5, 0.6) is 0 Å². The van der Waals surface area contributed by atoms with Crippen LogP contribution in [0.25, 0.3) is 11.1 Å². The third-order valence-corrected chi connectivity index (χ3v) is 9.19. The van der Waals surface area contributed by atoms with Crippen LogP contribution < -0.4 is 0 Å². The van der Waals surface area contributed by atoms with Crippen LogP contribution >= 0.6 is 0 Å². The van der Waals surface area contributed by atoms with Gasteiger partial charge in [0.25, 0.3) is 0 Å². The maximum atomic E-state index is 15.3. The van der Waals surface area contributed by atoms with Crippen LogP contribution in [0.3, 0.4) is 0 Å². The van der Waals surface area contributed by atoms with E-state index in [1.54, 1.807) is 19.1 Å². The highest BCUT2D eigenvalue weighted by molar-refractivity contribution is 5.79. The standard InChI is InChI=1S/C31H36F4/c1-3-18-5-7-19(8-6-18)9-10-20-11-13-22(14-12-20)25-17-24-16-23-15-21(4-2)28(32)30(34)26(23)27(24)31(35)29(25)33/h3,15,17-20,22H,1,4-14,16H2,2H3. The van der Waals surface area contributed by atoms with Gasteiger partial charge in [0, 0.05) is 11.1 Å². The molecule has 3 aliphatic rings. The van der Waals surface area contributed by atoms with Crippen LogP contribution in [-0.4, -0.2) is 0 Å². The molecule has 0 amide bonds. The minimum Gasteiger partial charge on any atom is -0.203 e. The number of hydrogen-bond donors (Lipinski definition) is 0. The fraction of sp³-hybridized carbons (Fsp3) is 0.548. The van der Waals surface area contributed by atoms with Crippen LogP contribution in [0, 0.1) is 41.0 Å². The SMILES string of the molecule is C=CC1CCC(CCC2CCC(c3cc4c(c(F)c3F)-c3c(cc(CC)c(F)c3F)C4)CC2)CC1. The van der Waals surface area contributed by atoms with Gasteiger partial charge in [0.1, 0.15) is 0 Å². The molecule has 0 nitrogen and oxygen atoms in total. The second-order valence-electron chi connectivity index (χ2n) is 11.2. The number of hydrogen-bond acceptors (Lipinski definition) is 0. The minimum atomic E-state index is -1.05. The largest absolute Gasteiger partial charge is 0.203 e. The lowest BCUT2D eigenvalue weighted by Crippen LogP contribution is -2.18. The van der Waals surface area contributed by atoms with Crippen LogP contribution in [0.15, 0.2) is 24.8 Å². The number of benzene rings is 2. The number of rotatable bonds is 6. The Morgan fingerprint density at radius 3 is 1.86 bits per heavy atom. The average Bonchev–Trinajstić information content (AvgIpc) is 3.26. The number of allylic oxidation sites excluding steroid dienone is 1. The summed E-state index contributed by atoms with van der Waals surface area (Å²) in [6.45, 7) is 5.69. The quantitative estimate of drug-likeness (QED) is 0.241. The maximum absolute atomic E-state index is 15.3. The number of aryl methyl sites for hydroxylation is 1. The minimum absolute atomic E-state index is 0.00872. The first-order valence-electron chi connectivity index (χ1n) is 13.5. The first kappa shape index (κ1) is 24.6. The summed E-state index contributed by atoms with van der Waals surface area (Å²) in [5.74, 6) is -1.72. The van der Waals surface area contributed by atoms with E-state index in [-0.39, 0.29) is 22.6 Å². The summed E-state index contributed by atoms with van der Waals surface area (Å²) in [6, 6.07) is 3.35. The van der Waals surface area contributed by atoms with Crippen molar-refractivity contribution in [1.82, 2.24) is 0 Å². The van der Waals surface area contributed by atoms with Gasteiger partial charge in [-0.2, -0.15) is 0 Å². The summed E-state index contributed by atoms with van der Waals surface area (Å²) in [4.78, 5) is 0. The van der Waals surface area contributed by atoms with E-state index in [0.717, 1.165) is 31.6 Å². The van der Waals surface area contributed by atoms with Crippen LogP contribution in [0.4, 0.5) is 17.6 Å². The predicted molar refractivity (Wildman–Crippen MR) is 133 cm³/mol.